The Kier molecular flexibility index (Phi) is 5.95. The molecule has 3 amide bonds. The van der Waals surface area contributed by atoms with E-state index in [0.29, 0.717) is 5.69 Å². The Bertz CT molecular complexity index is 1280. The number of aromatic nitrogens is 2. The molecule has 2 N–H and O–H groups in total. The molecule has 1 aliphatic heterocycles. The van der Waals surface area contributed by atoms with Crippen LogP contribution in [0.25, 0.3) is 0 Å². The number of halogens is 1. The van der Waals surface area contributed by atoms with E-state index >= 15 is 0 Å². The lowest BCUT2D eigenvalue weighted by molar-refractivity contribution is -0.132. The van der Waals surface area contributed by atoms with E-state index in [9.17, 15) is 18.8 Å². The molecule has 1 aliphatic rings. The molecule has 8 nitrogen and oxygen atoms in total. The molecule has 0 aliphatic carbocycles. The van der Waals surface area contributed by atoms with Crippen LogP contribution in [0.3, 0.4) is 0 Å². The Hall–Kier alpha value is -4.01. The fourth-order valence-electron chi connectivity index (χ4n) is 3.89. The molecule has 3 aromatic rings. The molecule has 34 heavy (non-hydrogen) atoms. The van der Waals surface area contributed by atoms with Crippen LogP contribution in [0.2, 0.25) is 0 Å². The maximum atomic E-state index is 13.1. The van der Waals surface area contributed by atoms with Crippen molar-refractivity contribution in [2.24, 2.45) is 0 Å². The average molecular weight is 464 g/mol. The van der Waals surface area contributed by atoms with E-state index in [1.807, 2.05) is 26.0 Å². The van der Waals surface area contributed by atoms with Crippen molar-refractivity contribution in [2.45, 2.75) is 39.4 Å². The van der Waals surface area contributed by atoms with E-state index in [4.69, 9.17) is 0 Å². The van der Waals surface area contributed by atoms with Gasteiger partial charge in [0.25, 0.3) is 11.8 Å². The van der Waals surface area contributed by atoms with Gasteiger partial charge in [-0.3, -0.25) is 19.1 Å². The van der Waals surface area contributed by atoms with Gasteiger partial charge >= 0.3 is 0 Å². The fourth-order valence-corrected chi connectivity index (χ4v) is 3.89. The van der Waals surface area contributed by atoms with Gasteiger partial charge in [-0.25, -0.2) is 4.39 Å². The van der Waals surface area contributed by atoms with Crippen molar-refractivity contribution in [2.75, 3.05) is 12.4 Å². The highest BCUT2D eigenvalue weighted by molar-refractivity contribution is 6.06. The first-order chi connectivity index (χ1) is 16.1. The predicted molar refractivity (Wildman–Crippen MR) is 125 cm³/mol. The van der Waals surface area contributed by atoms with Gasteiger partial charge in [0.15, 0.2) is 5.69 Å². The molecule has 0 saturated carbocycles. The lowest BCUT2D eigenvalue weighted by Gasteiger charge is -2.40. The Morgan fingerprint density at radius 2 is 1.85 bits per heavy atom. The lowest BCUT2D eigenvalue weighted by Crippen LogP contribution is -2.62. The van der Waals surface area contributed by atoms with Crippen LogP contribution in [-0.4, -0.2) is 45.0 Å². The topological polar surface area (TPSA) is 96.3 Å². The zero-order chi connectivity index (χ0) is 24.6. The van der Waals surface area contributed by atoms with E-state index in [1.54, 1.807) is 32.2 Å². The standard InChI is InChI=1S/C25H26FN5O3/c1-15-6-5-7-19(16(15)2)28-22(32)20-12-21-23(33)30(4)25(3,14-31(21)29-20)24(34)27-13-17-8-10-18(26)11-9-17/h5-12H,13-14H2,1-4H3,(H,27,34)(H,28,32)/t25-/m1/s1. The van der Waals surface area contributed by atoms with Gasteiger partial charge < -0.3 is 15.5 Å². The predicted octanol–water partition coefficient (Wildman–Crippen LogP) is 3.05. The van der Waals surface area contributed by atoms with Gasteiger partial charge in [0, 0.05) is 25.3 Å². The molecule has 9 heteroatoms. The second-order valence-electron chi connectivity index (χ2n) is 8.72. The minimum atomic E-state index is -1.23. The van der Waals surface area contributed by atoms with E-state index < -0.39 is 17.4 Å². The third-order valence-corrected chi connectivity index (χ3v) is 6.44. The normalized spacial score (nSPS) is 17.3. The molecule has 0 unspecified atom stereocenters. The number of hydrogen-bond acceptors (Lipinski definition) is 4. The lowest BCUT2D eigenvalue weighted by atomic mass is 9.96. The first-order valence-corrected chi connectivity index (χ1v) is 10.9. The van der Waals surface area contributed by atoms with E-state index in [1.165, 1.54) is 27.8 Å². The Labute approximate surface area is 196 Å². The zero-order valence-electron chi connectivity index (χ0n) is 19.5. The average Bonchev–Trinajstić information content (AvgIpc) is 3.24. The monoisotopic (exact) mass is 463 g/mol. The molecule has 0 spiro atoms. The summed E-state index contributed by atoms with van der Waals surface area (Å²) in [6.07, 6.45) is 0. The van der Waals surface area contributed by atoms with Gasteiger partial charge in [-0.05, 0) is 55.7 Å². The Morgan fingerprint density at radius 3 is 2.56 bits per heavy atom. The van der Waals surface area contributed by atoms with Crippen LogP contribution in [0.4, 0.5) is 10.1 Å². The summed E-state index contributed by atoms with van der Waals surface area (Å²) in [5.74, 6) is -1.59. The summed E-state index contributed by atoms with van der Waals surface area (Å²) in [4.78, 5) is 40.3. The molecular formula is C25H26FN5O3. The van der Waals surface area contributed by atoms with Crippen LogP contribution in [0, 0.1) is 19.7 Å². The van der Waals surface area contributed by atoms with Crippen LogP contribution >= 0.6 is 0 Å². The molecule has 2 heterocycles. The molecule has 0 fully saturated rings. The number of rotatable bonds is 5. The number of aryl methyl sites for hydroxylation is 1. The Morgan fingerprint density at radius 1 is 1.15 bits per heavy atom. The van der Waals surface area contributed by atoms with E-state index in [0.717, 1.165) is 16.7 Å². The van der Waals surface area contributed by atoms with Crippen molar-refractivity contribution in [3.8, 4) is 0 Å². The van der Waals surface area contributed by atoms with Gasteiger partial charge in [-0.1, -0.05) is 24.3 Å². The van der Waals surface area contributed by atoms with Crippen LogP contribution in [0.1, 0.15) is 44.6 Å². The number of carbonyl (C=O) groups is 3. The Balaban J connectivity index is 1.53. The van der Waals surface area contributed by atoms with Gasteiger partial charge in [0.05, 0.1) is 6.54 Å². The highest BCUT2D eigenvalue weighted by Gasteiger charge is 2.46. The number of hydrogen-bond donors (Lipinski definition) is 2. The quantitative estimate of drug-likeness (QED) is 0.608. The number of nitrogens with zero attached hydrogens (tertiary/aromatic N) is 3. The summed E-state index contributed by atoms with van der Waals surface area (Å²) in [5, 5.41) is 9.98. The van der Waals surface area contributed by atoms with Gasteiger partial charge in [-0.2, -0.15) is 5.10 Å². The van der Waals surface area contributed by atoms with Gasteiger partial charge in [0.1, 0.15) is 17.1 Å². The summed E-state index contributed by atoms with van der Waals surface area (Å²) in [6, 6.07) is 12.9. The molecular weight excluding hydrogens is 437 g/mol. The first-order valence-electron chi connectivity index (χ1n) is 10.9. The molecule has 1 aromatic heterocycles. The second-order valence-corrected chi connectivity index (χ2v) is 8.72. The highest BCUT2D eigenvalue weighted by Crippen LogP contribution is 2.27. The molecule has 0 bridgehead atoms. The first kappa shape index (κ1) is 23.2. The number of amides is 3. The SMILES string of the molecule is Cc1cccc(NC(=O)c2cc3n(n2)C[C@](C)(C(=O)NCc2ccc(F)cc2)N(C)C3=O)c1C. The number of benzene rings is 2. The fraction of sp³-hybridized carbons (Fsp3) is 0.280. The van der Waals surface area contributed by atoms with Crippen molar-refractivity contribution < 1.29 is 18.8 Å². The van der Waals surface area contributed by atoms with Crippen LogP contribution < -0.4 is 10.6 Å². The molecule has 0 radical (unpaired) electrons. The smallest absolute Gasteiger partial charge is 0.276 e. The third-order valence-electron chi connectivity index (χ3n) is 6.44. The minimum absolute atomic E-state index is 0.0799. The van der Waals surface area contributed by atoms with Crippen molar-refractivity contribution >= 4 is 23.4 Å². The van der Waals surface area contributed by atoms with Gasteiger partial charge in [-0.15, -0.1) is 0 Å². The third kappa shape index (κ3) is 4.16. The summed E-state index contributed by atoms with van der Waals surface area (Å²) in [5.41, 5.74) is 2.49. The number of likely N-dealkylation sites (N-methyl/N-ethyl adjacent to an activating group) is 1. The largest absolute Gasteiger partial charge is 0.350 e. The molecule has 4 rings (SSSR count). The number of anilines is 1. The number of carbonyl (C=O) groups excluding carboxylic acids is 3. The van der Waals surface area contributed by atoms with Crippen LogP contribution in [0.5, 0.6) is 0 Å². The summed E-state index contributed by atoms with van der Waals surface area (Å²) in [7, 11) is 1.55. The number of fused-ring (bicyclic) bond motifs is 1. The number of nitrogens with one attached hydrogen (secondary N) is 2. The molecule has 2 aromatic carbocycles. The summed E-state index contributed by atoms with van der Waals surface area (Å²) >= 11 is 0. The molecule has 1 atom stereocenters. The van der Waals surface area contributed by atoms with Gasteiger partial charge in [0.2, 0.25) is 5.91 Å². The maximum absolute atomic E-state index is 13.1. The highest BCUT2D eigenvalue weighted by atomic mass is 19.1. The van der Waals surface area contributed by atoms with Crippen molar-refractivity contribution in [1.82, 2.24) is 20.0 Å². The van der Waals surface area contributed by atoms with E-state index in [-0.39, 0.29) is 36.2 Å². The molecule has 176 valence electrons. The maximum Gasteiger partial charge on any atom is 0.276 e. The van der Waals surface area contributed by atoms with E-state index in [2.05, 4.69) is 15.7 Å². The van der Waals surface area contributed by atoms with Crippen molar-refractivity contribution in [3.05, 3.63) is 82.4 Å². The van der Waals surface area contributed by atoms with Crippen LogP contribution in [-0.2, 0) is 17.9 Å². The summed E-state index contributed by atoms with van der Waals surface area (Å²) in [6.45, 7) is 5.78. The zero-order valence-corrected chi connectivity index (χ0v) is 19.5. The molecule has 0 saturated heterocycles. The van der Waals surface area contributed by atoms with Crippen LogP contribution in [0.15, 0.2) is 48.5 Å². The van der Waals surface area contributed by atoms with Crippen molar-refractivity contribution in [3.63, 3.8) is 0 Å². The minimum Gasteiger partial charge on any atom is -0.350 e. The second kappa shape index (κ2) is 8.74. The van der Waals surface area contributed by atoms with Crippen molar-refractivity contribution in [1.29, 1.82) is 0 Å². The summed E-state index contributed by atoms with van der Waals surface area (Å²) < 4.78 is 14.5.